The van der Waals surface area contributed by atoms with Gasteiger partial charge in [0, 0.05) is 12.1 Å². The van der Waals surface area contributed by atoms with Gasteiger partial charge in [0.1, 0.15) is 11.5 Å². The molecule has 0 aliphatic rings. The zero-order chi connectivity index (χ0) is 20.6. The van der Waals surface area contributed by atoms with Crippen LogP contribution in [0.4, 0.5) is 0 Å². The van der Waals surface area contributed by atoms with Crippen LogP contribution in [0.5, 0.6) is 11.5 Å². The van der Waals surface area contributed by atoms with E-state index in [2.05, 4.69) is 23.4 Å². The molecule has 154 valence electrons. The normalized spacial score (nSPS) is 11.8. The van der Waals surface area contributed by atoms with Gasteiger partial charge in [-0.15, -0.1) is 0 Å². The van der Waals surface area contributed by atoms with Crippen molar-refractivity contribution in [3.8, 4) is 11.5 Å². The predicted octanol–water partition coefficient (Wildman–Crippen LogP) is 5.43. The van der Waals surface area contributed by atoms with Crippen molar-refractivity contribution in [2.24, 2.45) is 4.99 Å². The summed E-state index contributed by atoms with van der Waals surface area (Å²) in [5, 5.41) is 0. The maximum atomic E-state index is 12.8. The number of benzene rings is 2. The number of amides is 1. The van der Waals surface area contributed by atoms with E-state index in [1.54, 1.807) is 12.1 Å². The van der Waals surface area contributed by atoms with Gasteiger partial charge in [0.2, 0.25) is 0 Å². The molecule has 0 aliphatic carbocycles. The highest BCUT2D eigenvalue weighted by Gasteiger charge is 2.11. The minimum atomic E-state index is -0.257. The third-order valence-electron chi connectivity index (χ3n) is 4.46. The Labute approximate surface area is 175 Å². The zero-order valence-corrected chi connectivity index (χ0v) is 18.1. The minimum absolute atomic E-state index is 0.257. The third-order valence-corrected chi connectivity index (χ3v) is 5.50. The summed E-state index contributed by atoms with van der Waals surface area (Å²) in [7, 11) is 0. The summed E-state index contributed by atoms with van der Waals surface area (Å²) in [6, 6.07) is 13.3. The highest BCUT2D eigenvalue weighted by Crippen LogP contribution is 2.24. The number of unbranched alkanes of at least 4 members (excludes halogenated alkanes) is 1. The lowest BCUT2D eigenvalue weighted by molar-refractivity contribution is 0.0997. The average Bonchev–Trinajstić information content (AvgIpc) is 3.05. The molecule has 0 aliphatic heterocycles. The monoisotopic (exact) mass is 412 g/mol. The Balaban J connectivity index is 1.95. The number of carbonyl (C=O) groups excluding carboxylic acids is 1. The maximum absolute atomic E-state index is 12.8. The van der Waals surface area contributed by atoms with Crippen LogP contribution in [0.25, 0.3) is 10.2 Å². The molecule has 29 heavy (non-hydrogen) atoms. The molecule has 1 aromatic heterocycles. The molecule has 0 fully saturated rings. The van der Waals surface area contributed by atoms with Gasteiger partial charge in [-0.05, 0) is 56.2 Å². The first kappa shape index (κ1) is 21.1. The summed E-state index contributed by atoms with van der Waals surface area (Å²) in [6.07, 6.45) is 3.02. The first-order valence-corrected chi connectivity index (χ1v) is 11.1. The molecule has 0 radical (unpaired) electrons. The highest BCUT2D eigenvalue weighted by atomic mass is 32.1. The second kappa shape index (κ2) is 10.3. The SMILES string of the molecule is CCCCOc1cccc(C(=O)N=c2sc3cc(OCC)ccc3n2CCC)c1. The number of aromatic nitrogens is 1. The summed E-state index contributed by atoms with van der Waals surface area (Å²) in [5.74, 6) is 1.28. The van der Waals surface area contributed by atoms with E-state index in [4.69, 9.17) is 9.47 Å². The Hall–Kier alpha value is -2.60. The van der Waals surface area contributed by atoms with E-state index in [0.717, 1.165) is 41.8 Å². The van der Waals surface area contributed by atoms with Crippen molar-refractivity contribution < 1.29 is 14.3 Å². The van der Waals surface area contributed by atoms with E-state index >= 15 is 0 Å². The number of nitrogens with zero attached hydrogens (tertiary/aromatic N) is 2. The summed E-state index contributed by atoms with van der Waals surface area (Å²) in [5.41, 5.74) is 1.61. The predicted molar refractivity (Wildman–Crippen MR) is 118 cm³/mol. The van der Waals surface area contributed by atoms with Crippen LogP contribution in [0.15, 0.2) is 47.5 Å². The standard InChI is InChI=1S/C23H28N2O3S/c1-4-7-14-28-18-10-8-9-17(15-18)22(26)24-23-25(13-5-2)20-12-11-19(27-6-3)16-21(20)29-23/h8-12,15-16H,4-7,13-14H2,1-3H3. The number of rotatable bonds is 9. The fraction of sp³-hybridized carbons (Fsp3) is 0.391. The number of hydrogen-bond donors (Lipinski definition) is 0. The van der Waals surface area contributed by atoms with Gasteiger partial charge in [-0.3, -0.25) is 4.79 Å². The molecule has 2 aromatic carbocycles. The van der Waals surface area contributed by atoms with Gasteiger partial charge in [0.25, 0.3) is 5.91 Å². The molecule has 0 atom stereocenters. The lowest BCUT2D eigenvalue weighted by Crippen LogP contribution is -2.16. The van der Waals surface area contributed by atoms with Gasteiger partial charge in [-0.2, -0.15) is 4.99 Å². The molecule has 0 saturated heterocycles. The van der Waals surface area contributed by atoms with E-state index in [1.807, 2.05) is 37.3 Å². The quantitative estimate of drug-likeness (QED) is 0.440. The maximum Gasteiger partial charge on any atom is 0.279 e. The third kappa shape index (κ3) is 5.26. The van der Waals surface area contributed by atoms with Crippen molar-refractivity contribution in [2.45, 2.75) is 46.6 Å². The Bertz CT molecular complexity index is 1040. The molecule has 1 amide bonds. The number of carbonyl (C=O) groups is 1. The van der Waals surface area contributed by atoms with E-state index in [9.17, 15) is 4.79 Å². The summed E-state index contributed by atoms with van der Waals surface area (Å²) in [6.45, 7) is 8.29. The van der Waals surface area contributed by atoms with Crippen LogP contribution < -0.4 is 14.3 Å². The number of hydrogen-bond acceptors (Lipinski definition) is 4. The molecule has 0 spiro atoms. The molecule has 0 saturated carbocycles. The second-order valence-electron chi connectivity index (χ2n) is 6.75. The zero-order valence-electron chi connectivity index (χ0n) is 17.3. The molecule has 0 unspecified atom stereocenters. The Morgan fingerprint density at radius 3 is 2.62 bits per heavy atom. The molecule has 0 bridgehead atoms. The van der Waals surface area contributed by atoms with Crippen molar-refractivity contribution in [3.63, 3.8) is 0 Å². The Kier molecular flexibility index (Phi) is 7.47. The topological polar surface area (TPSA) is 52.8 Å². The van der Waals surface area contributed by atoms with Crippen molar-refractivity contribution in [3.05, 3.63) is 52.8 Å². The molecular weight excluding hydrogens is 384 g/mol. The Morgan fingerprint density at radius 2 is 1.86 bits per heavy atom. The van der Waals surface area contributed by atoms with Gasteiger partial charge < -0.3 is 14.0 Å². The lowest BCUT2D eigenvalue weighted by atomic mass is 10.2. The van der Waals surface area contributed by atoms with E-state index in [1.165, 1.54) is 11.3 Å². The van der Waals surface area contributed by atoms with E-state index < -0.39 is 0 Å². The van der Waals surface area contributed by atoms with Crippen LogP contribution in [0.2, 0.25) is 0 Å². The van der Waals surface area contributed by atoms with Crippen molar-refractivity contribution in [1.29, 1.82) is 0 Å². The Morgan fingerprint density at radius 1 is 1.03 bits per heavy atom. The van der Waals surface area contributed by atoms with Gasteiger partial charge in [0.15, 0.2) is 4.80 Å². The average molecular weight is 413 g/mol. The fourth-order valence-electron chi connectivity index (χ4n) is 3.04. The fourth-order valence-corrected chi connectivity index (χ4v) is 4.12. The van der Waals surface area contributed by atoms with Crippen LogP contribution in [-0.4, -0.2) is 23.7 Å². The smallest absolute Gasteiger partial charge is 0.279 e. The minimum Gasteiger partial charge on any atom is -0.494 e. The van der Waals surface area contributed by atoms with E-state index in [0.29, 0.717) is 29.3 Å². The molecule has 6 heteroatoms. The number of fused-ring (bicyclic) bond motifs is 1. The van der Waals surface area contributed by atoms with Crippen LogP contribution in [0.3, 0.4) is 0 Å². The summed E-state index contributed by atoms with van der Waals surface area (Å²) < 4.78 is 14.5. The lowest BCUT2D eigenvalue weighted by Gasteiger charge is -2.06. The van der Waals surface area contributed by atoms with Crippen molar-refractivity contribution >= 4 is 27.5 Å². The molecule has 5 nitrogen and oxygen atoms in total. The summed E-state index contributed by atoms with van der Waals surface area (Å²) >= 11 is 1.51. The van der Waals surface area contributed by atoms with Crippen LogP contribution >= 0.6 is 11.3 Å². The van der Waals surface area contributed by atoms with Gasteiger partial charge >= 0.3 is 0 Å². The largest absolute Gasteiger partial charge is 0.494 e. The first-order chi connectivity index (χ1) is 14.2. The first-order valence-electron chi connectivity index (χ1n) is 10.2. The van der Waals surface area contributed by atoms with E-state index in [-0.39, 0.29) is 5.91 Å². The van der Waals surface area contributed by atoms with Crippen LogP contribution in [-0.2, 0) is 6.54 Å². The molecule has 3 aromatic rings. The van der Waals surface area contributed by atoms with Crippen molar-refractivity contribution in [2.75, 3.05) is 13.2 Å². The van der Waals surface area contributed by atoms with Gasteiger partial charge in [0.05, 0.1) is 23.4 Å². The number of thiazole rings is 1. The second-order valence-corrected chi connectivity index (χ2v) is 7.75. The van der Waals surface area contributed by atoms with Crippen LogP contribution in [0.1, 0.15) is 50.4 Å². The number of aryl methyl sites for hydroxylation is 1. The highest BCUT2D eigenvalue weighted by molar-refractivity contribution is 7.16. The van der Waals surface area contributed by atoms with Gasteiger partial charge in [-0.25, -0.2) is 0 Å². The van der Waals surface area contributed by atoms with Gasteiger partial charge in [-0.1, -0.05) is 37.7 Å². The number of ether oxygens (including phenoxy) is 2. The molecular formula is C23H28N2O3S. The molecule has 0 N–H and O–H groups in total. The molecule has 3 rings (SSSR count). The molecule has 1 heterocycles. The summed E-state index contributed by atoms with van der Waals surface area (Å²) in [4.78, 5) is 18.0. The van der Waals surface area contributed by atoms with Crippen LogP contribution in [0, 0.1) is 0 Å². The van der Waals surface area contributed by atoms with Crippen molar-refractivity contribution in [1.82, 2.24) is 4.57 Å².